The van der Waals surface area contributed by atoms with Gasteiger partial charge in [-0.25, -0.2) is 0 Å². The molecule has 2 aromatic carbocycles. The molecular formula is C21H20O8. The minimum Gasteiger partial charge on any atom is -0.488 e. The second kappa shape index (κ2) is 8.32. The zero-order valence-corrected chi connectivity index (χ0v) is 16.1. The number of hydrogen-bond acceptors (Lipinski definition) is 8. The van der Waals surface area contributed by atoms with Crippen molar-refractivity contribution in [3.8, 4) is 23.0 Å². The number of hydrogen-bond donors (Lipinski definition) is 1. The summed E-state index contributed by atoms with van der Waals surface area (Å²) < 4.78 is 21.1. The summed E-state index contributed by atoms with van der Waals surface area (Å²) in [5, 5.41) is 10.9. The van der Waals surface area contributed by atoms with Crippen LogP contribution in [-0.2, 0) is 14.4 Å². The molecule has 2 aromatic rings. The molecule has 0 unspecified atom stereocenters. The fourth-order valence-corrected chi connectivity index (χ4v) is 3.13. The zero-order chi connectivity index (χ0) is 21.1. The number of rotatable bonds is 4. The van der Waals surface area contributed by atoms with E-state index in [0.717, 1.165) is 5.56 Å². The molecule has 1 N–H and O–H groups in total. The highest BCUT2D eigenvalue weighted by Crippen LogP contribution is 2.49. The van der Waals surface area contributed by atoms with Crippen LogP contribution < -0.4 is 18.9 Å². The van der Waals surface area contributed by atoms with Crippen molar-refractivity contribution in [1.82, 2.24) is 0 Å². The van der Waals surface area contributed by atoms with E-state index in [-0.39, 0.29) is 23.9 Å². The van der Waals surface area contributed by atoms with Gasteiger partial charge in [-0.1, -0.05) is 12.1 Å². The Hall–Kier alpha value is -3.39. The first-order valence-corrected chi connectivity index (χ1v) is 8.89. The molecular weight excluding hydrogens is 380 g/mol. The lowest BCUT2D eigenvalue weighted by atomic mass is 9.87. The third kappa shape index (κ3) is 4.55. The van der Waals surface area contributed by atoms with Crippen LogP contribution in [0.2, 0.25) is 0 Å². The third-order valence-corrected chi connectivity index (χ3v) is 4.28. The van der Waals surface area contributed by atoms with Crippen molar-refractivity contribution in [2.45, 2.75) is 32.8 Å². The lowest BCUT2D eigenvalue weighted by Gasteiger charge is -2.32. The predicted octanol–water partition coefficient (Wildman–Crippen LogP) is 2.67. The third-order valence-electron chi connectivity index (χ3n) is 4.28. The van der Waals surface area contributed by atoms with E-state index in [4.69, 9.17) is 18.9 Å². The fourth-order valence-electron chi connectivity index (χ4n) is 3.13. The molecule has 1 heterocycles. The standard InChI is InChI=1S/C21H20O8/c1-11(22)27-15-6-4-14(5-7-15)17-10-26-20-16(19(17)25)8-9-18(28-12(2)23)21(20)29-13(3)24/h4-9,17,19,25H,10H2,1-3H3/t17-,19+/m0/s1. The molecule has 0 amide bonds. The van der Waals surface area contributed by atoms with E-state index in [0.29, 0.717) is 11.3 Å². The van der Waals surface area contributed by atoms with Crippen LogP contribution in [0.15, 0.2) is 36.4 Å². The first-order chi connectivity index (χ1) is 13.8. The SMILES string of the molecule is CC(=O)Oc1ccc([C@@H]2COc3c(ccc(OC(C)=O)c3OC(C)=O)[C@H]2O)cc1. The van der Waals surface area contributed by atoms with Crippen LogP contribution in [0.3, 0.4) is 0 Å². The van der Waals surface area contributed by atoms with Gasteiger partial charge in [-0.15, -0.1) is 0 Å². The molecule has 0 saturated carbocycles. The van der Waals surface area contributed by atoms with Gasteiger partial charge in [-0.3, -0.25) is 14.4 Å². The van der Waals surface area contributed by atoms with Crippen molar-refractivity contribution in [1.29, 1.82) is 0 Å². The topological polar surface area (TPSA) is 108 Å². The summed E-state index contributed by atoms with van der Waals surface area (Å²) in [6.45, 7) is 3.85. The molecule has 0 saturated heterocycles. The van der Waals surface area contributed by atoms with Crippen LogP contribution in [0.5, 0.6) is 23.0 Å². The van der Waals surface area contributed by atoms with Crippen LogP contribution in [0.25, 0.3) is 0 Å². The van der Waals surface area contributed by atoms with Gasteiger partial charge in [-0.2, -0.15) is 0 Å². The molecule has 0 aliphatic carbocycles. The van der Waals surface area contributed by atoms with E-state index in [2.05, 4.69) is 0 Å². The average Bonchev–Trinajstić information content (AvgIpc) is 2.63. The van der Waals surface area contributed by atoms with E-state index >= 15 is 0 Å². The van der Waals surface area contributed by atoms with Gasteiger partial charge < -0.3 is 24.1 Å². The van der Waals surface area contributed by atoms with Crippen molar-refractivity contribution in [3.63, 3.8) is 0 Å². The highest BCUT2D eigenvalue weighted by atomic mass is 16.6. The van der Waals surface area contributed by atoms with Crippen molar-refractivity contribution in [3.05, 3.63) is 47.5 Å². The Kier molecular flexibility index (Phi) is 5.84. The second-order valence-electron chi connectivity index (χ2n) is 6.52. The Morgan fingerprint density at radius 2 is 1.52 bits per heavy atom. The zero-order valence-electron chi connectivity index (χ0n) is 16.1. The van der Waals surface area contributed by atoms with E-state index in [9.17, 15) is 19.5 Å². The Morgan fingerprint density at radius 1 is 0.897 bits per heavy atom. The largest absolute Gasteiger partial charge is 0.488 e. The van der Waals surface area contributed by atoms with Gasteiger partial charge in [0.2, 0.25) is 5.75 Å². The molecule has 0 aromatic heterocycles. The van der Waals surface area contributed by atoms with Gasteiger partial charge in [0.15, 0.2) is 11.5 Å². The lowest BCUT2D eigenvalue weighted by molar-refractivity contribution is -0.134. The van der Waals surface area contributed by atoms with E-state index < -0.39 is 29.9 Å². The summed E-state index contributed by atoms with van der Waals surface area (Å²) in [6.07, 6.45) is -0.959. The number of fused-ring (bicyclic) bond motifs is 1. The molecule has 2 atom stereocenters. The van der Waals surface area contributed by atoms with Gasteiger partial charge in [0, 0.05) is 32.3 Å². The van der Waals surface area contributed by atoms with E-state index in [1.165, 1.54) is 26.8 Å². The number of carbonyl (C=O) groups is 3. The molecule has 1 aliphatic heterocycles. The van der Waals surface area contributed by atoms with E-state index in [1.807, 2.05) is 0 Å². The molecule has 8 nitrogen and oxygen atoms in total. The summed E-state index contributed by atoms with van der Waals surface area (Å²) in [5.41, 5.74) is 1.18. The fraction of sp³-hybridized carbons (Fsp3) is 0.286. The quantitative estimate of drug-likeness (QED) is 0.616. The molecule has 0 radical (unpaired) electrons. The molecule has 152 valence electrons. The highest BCUT2D eigenvalue weighted by Gasteiger charge is 2.34. The first-order valence-electron chi connectivity index (χ1n) is 8.89. The summed E-state index contributed by atoms with van der Waals surface area (Å²) >= 11 is 0. The van der Waals surface area contributed by atoms with Crippen molar-refractivity contribution in [2.24, 2.45) is 0 Å². The van der Waals surface area contributed by atoms with Crippen molar-refractivity contribution in [2.75, 3.05) is 6.61 Å². The Balaban J connectivity index is 1.93. The number of aliphatic hydroxyl groups excluding tert-OH is 1. The maximum absolute atomic E-state index is 11.5. The number of esters is 3. The highest BCUT2D eigenvalue weighted by molar-refractivity contribution is 5.76. The number of carbonyl (C=O) groups excluding carboxylic acids is 3. The van der Waals surface area contributed by atoms with Crippen LogP contribution in [0.4, 0.5) is 0 Å². The van der Waals surface area contributed by atoms with Crippen molar-refractivity contribution < 1.29 is 38.4 Å². The van der Waals surface area contributed by atoms with E-state index in [1.54, 1.807) is 30.3 Å². The van der Waals surface area contributed by atoms with Crippen LogP contribution in [0.1, 0.15) is 43.9 Å². The maximum atomic E-state index is 11.5. The maximum Gasteiger partial charge on any atom is 0.308 e. The molecule has 0 spiro atoms. The summed E-state index contributed by atoms with van der Waals surface area (Å²) in [4.78, 5) is 33.9. The lowest BCUT2D eigenvalue weighted by Crippen LogP contribution is -2.25. The first kappa shape index (κ1) is 20.3. The molecule has 8 heteroatoms. The van der Waals surface area contributed by atoms with Gasteiger partial charge in [0.05, 0.1) is 12.7 Å². The Labute approximate surface area is 167 Å². The number of aliphatic hydroxyl groups is 1. The van der Waals surface area contributed by atoms with Crippen LogP contribution in [0, 0.1) is 0 Å². The Bertz CT molecular complexity index is 948. The normalized spacial score (nSPS) is 17.5. The summed E-state index contributed by atoms with van der Waals surface area (Å²) in [6, 6.07) is 9.74. The van der Waals surface area contributed by atoms with Crippen LogP contribution >= 0.6 is 0 Å². The summed E-state index contributed by atoms with van der Waals surface area (Å²) in [7, 11) is 0. The van der Waals surface area contributed by atoms with Gasteiger partial charge in [0.1, 0.15) is 5.75 Å². The molecule has 1 aliphatic rings. The van der Waals surface area contributed by atoms with Crippen molar-refractivity contribution >= 4 is 17.9 Å². The summed E-state index contributed by atoms with van der Waals surface area (Å²) in [5.74, 6) is -1.49. The second-order valence-corrected chi connectivity index (χ2v) is 6.52. The molecule has 3 rings (SSSR count). The van der Waals surface area contributed by atoms with Gasteiger partial charge in [-0.05, 0) is 29.8 Å². The average molecular weight is 400 g/mol. The smallest absolute Gasteiger partial charge is 0.308 e. The predicted molar refractivity (Wildman–Crippen MR) is 100 cm³/mol. The number of benzene rings is 2. The Morgan fingerprint density at radius 3 is 2.10 bits per heavy atom. The monoisotopic (exact) mass is 400 g/mol. The van der Waals surface area contributed by atoms with Crippen LogP contribution in [-0.4, -0.2) is 29.6 Å². The molecule has 0 fully saturated rings. The number of ether oxygens (including phenoxy) is 4. The minimum atomic E-state index is -0.959. The molecule has 29 heavy (non-hydrogen) atoms. The van der Waals surface area contributed by atoms with Gasteiger partial charge in [0.25, 0.3) is 0 Å². The van der Waals surface area contributed by atoms with Gasteiger partial charge >= 0.3 is 17.9 Å². The molecule has 0 bridgehead atoms. The minimum absolute atomic E-state index is 0.0304.